The van der Waals surface area contributed by atoms with E-state index in [1.807, 2.05) is 0 Å². The summed E-state index contributed by atoms with van der Waals surface area (Å²) < 4.78 is 37.2. The van der Waals surface area contributed by atoms with E-state index in [0.717, 1.165) is 5.56 Å². The van der Waals surface area contributed by atoms with Gasteiger partial charge in [-0.15, -0.1) is 0 Å². The third kappa shape index (κ3) is 2.66. The number of hydrogen-bond donors (Lipinski definition) is 1. The van der Waals surface area contributed by atoms with Crippen molar-refractivity contribution in [3.05, 3.63) is 35.4 Å². The van der Waals surface area contributed by atoms with Crippen LogP contribution in [0.4, 0.5) is 4.39 Å². The Balaban J connectivity index is 2.21. The van der Waals surface area contributed by atoms with Crippen molar-refractivity contribution in [3.63, 3.8) is 0 Å². The van der Waals surface area contributed by atoms with Gasteiger partial charge in [0, 0.05) is 6.54 Å². The van der Waals surface area contributed by atoms with Gasteiger partial charge in [0.25, 0.3) is 0 Å². The molecule has 0 radical (unpaired) electrons. The molecule has 3 nitrogen and oxygen atoms in total. The normalized spacial score (nSPS) is 22.2. The Hall–Kier alpha value is -0.940. The van der Waals surface area contributed by atoms with Crippen LogP contribution in [0.2, 0.25) is 0 Å². The van der Waals surface area contributed by atoms with Crippen LogP contribution < -0.4 is 5.73 Å². The molecule has 0 saturated carbocycles. The molecule has 1 aliphatic heterocycles. The van der Waals surface area contributed by atoms with Gasteiger partial charge in [-0.05, 0) is 24.0 Å². The van der Waals surface area contributed by atoms with E-state index in [-0.39, 0.29) is 24.3 Å². The maximum atomic E-state index is 14.6. The summed E-state index contributed by atoms with van der Waals surface area (Å²) in [5.74, 6) is -0.135. The lowest BCUT2D eigenvalue weighted by molar-refractivity contribution is 0.148. The van der Waals surface area contributed by atoms with Crippen molar-refractivity contribution in [2.75, 3.05) is 11.5 Å². The largest absolute Gasteiger partial charge is 0.326 e. The van der Waals surface area contributed by atoms with Crippen LogP contribution in [0.1, 0.15) is 24.0 Å². The minimum Gasteiger partial charge on any atom is -0.326 e. The highest BCUT2D eigenvalue weighted by atomic mass is 32.2. The summed E-state index contributed by atoms with van der Waals surface area (Å²) >= 11 is 0. The van der Waals surface area contributed by atoms with Gasteiger partial charge in [0.1, 0.15) is 5.67 Å². The van der Waals surface area contributed by atoms with Crippen LogP contribution >= 0.6 is 0 Å². The molecule has 0 aromatic heterocycles. The van der Waals surface area contributed by atoms with Gasteiger partial charge < -0.3 is 5.73 Å². The van der Waals surface area contributed by atoms with Gasteiger partial charge in [-0.1, -0.05) is 24.3 Å². The Morgan fingerprint density at radius 2 is 1.71 bits per heavy atom. The van der Waals surface area contributed by atoms with E-state index >= 15 is 0 Å². The molecule has 94 valence electrons. The average molecular weight is 257 g/mol. The fourth-order valence-electron chi connectivity index (χ4n) is 2.09. The molecule has 0 amide bonds. The topological polar surface area (TPSA) is 60.2 Å². The number of rotatable bonds is 2. The summed E-state index contributed by atoms with van der Waals surface area (Å²) in [5, 5.41) is 0. The first-order chi connectivity index (χ1) is 7.95. The van der Waals surface area contributed by atoms with Crippen molar-refractivity contribution >= 4 is 9.84 Å². The van der Waals surface area contributed by atoms with E-state index in [0.29, 0.717) is 12.1 Å². The van der Waals surface area contributed by atoms with E-state index in [4.69, 9.17) is 5.73 Å². The van der Waals surface area contributed by atoms with Gasteiger partial charge in [0.2, 0.25) is 0 Å². The molecule has 1 heterocycles. The van der Waals surface area contributed by atoms with Crippen molar-refractivity contribution in [2.45, 2.75) is 25.1 Å². The van der Waals surface area contributed by atoms with Crippen LogP contribution in [0.3, 0.4) is 0 Å². The fourth-order valence-corrected chi connectivity index (χ4v) is 3.56. The zero-order valence-electron chi connectivity index (χ0n) is 9.52. The lowest BCUT2D eigenvalue weighted by atomic mass is 9.89. The van der Waals surface area contributed by atoms with Crippen LogP contribution in [-0.2, 0) is 22.1 Å². The molecule has 1 fully saturated rings. The van der Waals surface area contributed by atoms with Crippen molar-refractivity contribution in [1.82, 2.24) is 0 Å². The molecule has 0 atom stereocenters. The highest BCUT2D eigenvalue weighted by Crippen LogP contribution is 2.37. The average Bonchev–Trinajstić information content (AvgIpc) is 2.34. The summed E-state index contributed by atoms with van der Waals surface area (Å²) in [4.78, 5) is 0. The summed E-state index contributed by atoms with van der Waals surface area (Å²) in [5.41, 5.74) is 5.48. The number of benzene rings is 1. The SMILES string of the molecule is NCc1ccc(C2(F)CCS(=O)(=O)CC2)cc1. The van der Waals surface area contributed by atoms with Gasteiger partial charge in [0.15, 0.2) is 9.84 Å². The van der Waals surface area contributed by atoms with E-state index in [9.17, 15) is 12.8 Å². The Bertz CT molecular complexity index is 482. The minimum atomic E-state index is -3.03. The van der Waals surface area contributed by atoms with Crippen molar-refractivity contribution in [3.8, 4) is 0 Å². The predicted octanol–water partition coefficient (Wildman–Crippen LogP) is 1.52. The van der Waals surface area contributed by atoms with Crippen LogP contribution in [0.15, 0.2) is 24.3 Å². The molecular formula is C12H16FNO2S. The number of alkyl halides is 1. The molecular weight excluding hydrogens is 241 g/mol. The third-order valence-corrected chi connectivity index (χ3v) is 4.98. The quantitative estimate of drug-likeness (QED) is 0.873. The molecule has 1 aliphatic rings. The van der Waals surface area contributed by atoms with E-state index in [1.54, 1.807) is 24.3 Å². The van der Waals surface area contributed by atoms with E-state index < -0.39 is 15.5 Å². The molecule has 5 heteroatoms. The zero-order valence-corrected chi connectivity index (χ0v) is 10.3. The zero-order chi connectivity index (χ0) is 12.5. The smallest absolute Gasteiger partial charge is 0.150 e. The van der Waals surface area contributed by atoms with Crippen molar-refractivity contribution < 1.29 is 12.8 Å². The molecule has 2 rings (SSSR count). The summed E-state index contributed by atoms with van der Waals surface area (Å²) in [7, 11) is -3.03. The number of hydrogen-bond acceptors (Lipinski definition) is 3. The summed E-state index contributed by atoms with van der Waals surface area (Å²) in [6.07, 6.45) is 0.106. The minimum absolute atomic E-state index is 0.0529. The van der Waals surface area contributed by atoms with Gasteiger partial charge in [0.05, 0.1) is 11.5 Å². The van der Waals surface area contributed by atoms with Crippen LogP contribution in [0.5, 0.6) is 0 Å². The molecule has 1 aromatic rings. The van der Waals surface area contributed by atoms with E-state index in [1.165, 1.54) is 0 Å². The molecule has 0 unspecified atom stereocenters. The lowest BCUT2D eigenvalue weighted by Gasteiger charge is -2.29. The molecule has 1 aromatic carbocycles. The molecule has 0 bridgehead atoms. The second kappa shape index (κ2) is 4.38. The Labute approximate surface area is 101 Å². The van der Waals surface area contributed by atoms with Crippen LogP contribution in [0.25, 0.3) is 0 Å². The predicted molar refractivity (Wildman–Crippen MR) is 65.0 cm³/mol. The lowest BCUT2D eigenvalue weighted by Crippen LogP contribution is -2.33. The summed E-state index contributed by atoms with van der Waals surface area (Å²) in [6, 6.07) is 7.00. The first kappa shape index (κ1) is 12.5. The summed E-state index contributed by atoms with van der Waals surface area (Å²) in [6.45, 7) is 0.425. The van der Waals surface area contributed by atoms with Crippen LogP contribution in [-0.4, -0.2) is 19.9 Å². The Morgan fingerprint density at radius 1 is 1.18 bits per heavy atom. The van der Waals surface area contributed by atoms with E-state index in [2.05, 4.69) is 0 Å². The molecule has 1 saturated heterocycles. The highest BCUT2D eigenvalue weighted by Gasteiger charge is 2.38. The molecule has 0 spiro atoms. The van der Waals surface area contributed by atoms with Gasteiger partial charge >= 0.3 is 0 Å². The Kier molecular flexibility index (Phi) is 3.23. The van der Waals surface area contributed by atoms with Crippen LogP contribution in [0, 0.1) is 0 Å². The second-order valence-corrected chi connectivity index (χ2v) is 6.82. The standard InChI is InChI=1S/C12H16FNO2S/c13-12(5-7-17(15,16)8-6-12)11-3-1-10(9-14)2-4-11/h1-4H,5-9,14H2. The number of nitrogens with two attached hydrogens (primary N) is 1. The molecule has 2 N–H and O–H groups in total. The fraction of sp³-hybridized carbons (Fsp3) is 0.500. The van der Waals surface area contributed by atoms with Crippen molar-refractivity contribution in [1.29, 1.82) is 0 Å². The van der Waals surface area contributed by atoms with Gasteiger partial charge in [-0.3, -0.25) is 0 Å². The monoisotopic (exact) mass is 257 g/mol. The number of sulfone groups is 1. The third-order valence-electron chi connectivity index (χ3n) is 3.33. The highest BCUT2D eigenvalue weighted by molar-refractivity contribution is 7.91. The van der Waals surface area contributed by atoms with Crippen molar-refractivity contribution in [2.24, 2.45) is 5.73 Å². The van der Waals surface area contributed by atoms with Gasteiger partial charge in [-0.25, -0.2) is 12.8 Å². The van der Waals surface area contributed by atoms with Gasteiger partial charge in [-0.2, -0.15) is 0 Å². The molecule has 17 heavy (non-hydrogen) atoms. The molecule has 0 aliphatic carbocycles. The maximum Gasteiger partial charge on any atom is 0.150 e. The Morgan fingerprint density at radius 3 is 2.18 bits per heavy atom. The first-order valence-corrected chi connectivity index (χ1v) is 7.46. The number of halogens is 1. The maximum absolute atomic E-state index is 14.6. The second-order valence-electron chi connectivity index (χ2n) is 4.52. The first-order valence-electron chi connectivity index (χ1n) is 5.64.